The number of hydrogen-bond donors (Lipinski definition) is 1. The molecule has 1 aromatic rings. The maximum atomic E-state index is 12.0. The molecule has 2 rings (SSSR count). The maximum absolute atomic E-state index is 12.0. The molecule has 4 nitrogen and oxygen atoms in total. The Morgan fingerprint density at radius 1 is 1.37 bits per heavy atom. The van der Waals surface area contributed by atoms with Crippen molar-refractivity contribution in [1.29, 1.82) is 0 Å². The highest BCUT2D eigenvalue weighted by Gasteiger charge is 2.29. The van der Waals surface area contributed by atoms with Crippen molar-refractivity contribution >= 4 is 27.5 Å². The summed E-state index contributed by atoms with van der Waals surface area (Å²) in [6.07, 6.45) is 2.54. The highest BCUT2D eigenvalue weighted by atomic mass is 32.2. The van der Waals surface area contributed by atoms with Gasteiger partial charge in [-0.15, -0.1) is 0 Å². The lowest BCUT2D eigenvalue weighted by molar-refractivity contribution is 0.0941. The Labute approximate surface area is 117 Å². The number of amides is 1. The first-order valence-electron chi connectivity index (χ1n) is 6.09. The first-order valence-corrected chi connectivity index (χ1v) is 9.31. The van der Waals surface area contributed by atoms with Crippen molar-refractivity contribution in [2.75, 3.05) is 17.8 Å². The van der Waals surface area contributed by atoms with Gasteiger partial charge in [-0.3, -0.25) is 4.79 Å². The highest BCUT2D eigenvalue weighted by molar-refractivity contribution is 7.97. The van der Waals surface area contributed by atoms with Crippen molar-refractivity contribution in [2.45, 2.75) is 18.2 Å². The molecule has 1 aromatic carbocycles. The van der Waals surface area contributed by atoms with E-state index in [1.165, 1.54) is 5.56 Å². The Balaban J connectivity index is 1.96. The van der Waals surface area contributed by atoms with E-state index in [1.807, 2.05) is 18.4 Å². The zero-order valence-corrected chi connectivity index (χ0v) is 12.4. The predicted molar refractivity (Wildman–Crippen MR) is 78.2 cm³/mol. The van der Waals surface area contributed by atoms with Gasteiger partial charge in [0.25, 0.3) is 5.91 Å². The zero-order chi connectivity index (χ0) is 13.9. The van der Waals surface area contributed by atoms with Crippen molar-refractivity contribution in [2.24, 2.45) is 0 Å². The average Bonchev–Trinajstić information content (AvgIpc) is 2.70. The first kappa shape index (κ1) is 14.4. The Morgan fingerprint density at radius 3 is 2.58 bits per heavy atom. The van der Waals surface area contributed by atoms with Gasteiger partial charge in [0, 0.05) is 17.4 Å². The molecule has 1 unspecified atom stereocenters. The Kier molecular flexibility index (Phi) is 4.52. The molecule has 1 amide bonds. The topological polar surface area (TPSA) is 63.2 Å². The lowest BCUT2D eigenvalue weighted by Gasteiger charge is -2.11. The molecule has 1 heterocycles. The number of thioether (sulfide) groups is 1. The fraction of sp³-hybridized carbons (Fsp3) is 0.462. The van der Waals surface area contributed by atoms with E-state index in [0.717, 1.165) is 5.75 Å². The van der Waals surface area contributed by atoms with E-state index in [-0.39, 0.29) is 23.5 Å². The second-order valence-corrected chi connectivity index (χ2v) is 7.80. The summed E-state index contributed by atoms with van der Waals surface area (Å²) in [4.78, 5) is 12.0. The molecular formula is C13H17NO3S2. The minimum absolute atomic E-state index is 0.0588. The van der Waals surface area contributed by atoms with E-state index in [2.05, 4.69) is 5.32 Å². The quantitative estimate of drug-likeness (QED) is 0.914. The second-order valence-electron chi connectivity index (χ2n) is 4.70. The van der Waals surface area contributed by atoms with Crippen LogP contribution in [0.3, 0.4) is 0 Å². The van der Waals surface area contributed by atoms with Crippen molar-refractivity contribution in [3.8, 4) is 0 Å². The minimum Gasteiger partial charge on any atom is -0.348 e. The second kappa shape index (κ2) is 5.96. The van der Waals surface area contributed by atoms with Crippen molar-refractivity contribution in [3.05, 3.63) is 35.4 Å². The van der Waals surface area contributed by atoms with Crippen LogP contribution in [0, 0.1) is 0 Å². The number of nitrogens with one attached hydrogen (secondary N) is 1. The van der Waals surface area contributed by atoms with Crippen LogP contribution in [-0.2, 0) is 15.6 Å². The van der Waals surface area contributed by atoms with E-state index >= 15 is 0 Å². The van der Waals surface area contributed by atoms with Gasteiger partial charge in [-0.2, -0.15) is 11.8 Å². The molecule has 0 spiro atoms. The predicted octanol–water partition coefficient (Wildman–Crippen LogP) is 1.47. The fourth-order valence-electron chi connectivity index (χ4n) is 2.10. The third kappa shape index (κ3) is 3.98. The lowest BCUT2D eigenvalue weighted by atomic mass is 10.1. The maximum Gasteiger partial charge on any atom is 0.251 e. The molecule has 1 aliphatic rings. The van der Waals surface area contributed by atoms with Gasteiger partial charge >= 0.3 is 0 Å². The number of hydrogen-bond acceptors (Lipinski definition) is 4. The van der Waals surface area contributed by atoms with Crippen LogP contribution >= 0.6 is 11.8 Å². The van der Waals surface area contributed by atoms with Gasteiger partial charge < -0.3 is 5.32 Å². The van der Waals surface area contributed by atoms with E-state index in [9.17, 15) is 13.2 Å². The van der Waals surface area contributed by atoms with Gasteiger partial charge in [-0.1, -0.05) is 12.1 Å². The number of benzene rings is 1. The van der Waals surface area contributed by atoms with Crippen LogP contribution in [0.15, 0.2) is 24.3 Å². The molecule has 19 heavy (non-hydrogen) atoms. The molecule has 0 saturated carbocycles. The number of carbonyl (C=O) groups excluding carboxylic acids is 1. The van der Waals surface area contributed by atoms with Crippen LogP contribution in [0.1, 0.15) is 22.3 Å². The standard InChI is InChI=1S/C13H17NO3S2/c1-18-8-10-2-4-11(5-3-10)13(15)14-12-6-7-19(16,17)9-12/h2-5,12H,6-9H2,1H3,(H,14,15). The summed E-state index contributed by atoms with van der Waals surface area (Å²) in [6, 6.07) is 7.17. The number of sulfone groups is 1. The van der Waals surface area contributed by atoms with Crippen LogP contribution in [-0.4, -0.2) is 38.1 Å². The first-order chi connectivity index (χ1) is 9.00. The normalized spacial score (nSPS) is 21.2. The summed E-state index contributed by atoms with van der Waals surface area (Å²) in [5, 5.41) is 2.78. The van der Waals surface area contributed by atoms with Gasteiger partial charge in [0.15, 0.2) is 9.84 Å². The summed E-state index contributed by atoms with van der Waals surface area (Å²) < 4.78 is 22.6. The SMILES string of the molecule is CSCc1ccc(C(=O)NC2CCS(=O)(=O)C2)cc1. The smallest absolute Gasteiger partial charge is 0.251 e. The lowest BCUT2D eigenvalue weighted by Crippen LogP contribution is -2.35. The molecule has 1 fully saturated rings. The van der Waals surface area contributed by atoms with Crippen LogP contribution in [0.25, 0.3) is 0 Å². The molecule has 1 saturated heterocycles. The van der Waals surface area contributed by atoms with Crippen LogP contribution in [0.2, 0.25) is 0 Å². The number of carbonyl (C=O) groups is 1. The summed E-state index contributed by atoms with van der Waals surface area (Å²) in [6.45, 7) is 0. The van der Waals surface area contributed by atoms with Gasteiger partial charge in [-0.05, 0) is 30.4 Å². The molecule has 0 radical (unpaired) electrons. The average molecular weight is 299 g/mol. The molecule has 6 heteroatoms. The largest absolute Gasteiger partial charge is 0.348 e. The molecule has 1 aliphatic heterocycles. The van der Waals surface area contributed by atoms with Gasteiger partial charge in [0.1, 0.15) is 0 Å². The summed E-state index contributed by atoms with van der Waals surface area (Å²) >= 11 is 1.73. The minimum atomic E-state index is -2.95. The zero-order valence-electron chi connectivity index (χ0n) is 10.8. The van der Waals surface area contributed by atoms with Crippen LogP contribution < -0.4 is 5.32 Å². The Bertz CT molecular complexity index is 552. The summed E-state index contributed by atoms with van der Waals surface area (Å²) in [7, 11) is -2.95. The number of rotatable bonds is 4. The van der Waals surface area contributed by atoms with E-state index in [4.69, 9.17) is 0 Å². The third-order valence-electron chi connectivity index (χ3n) is 3.09. The van der Waals surface area contributed by atoms with Crippen LogP contribution in [0.4, 0.5) is 0 Å². The van der Waals surface area contributed by atoms with E-state index in [0.29, 0.717) is 12.0 Å². The monoisotopic (exact) mass is 299 g/mol. The summed E-state index contributed by atoms with van der Waals surface area (Å²) in [5.41, 5.74) is 1.75. The molecule has 0 aromatic heterocycles. The summed E-state index contributed by atoms with van der Waals surface area (Å²) in [5.74, 6) is 0.953. The molecular weight excluding hydrogens is 282 g/mol. The van der Waals surface area contributed by atoms with Gasteiger partial charge in [-0.25, -0.2) is 8.42 Å². The molecule has 104 valence electrons. The Hall–Kier alpha value is -1.01. The van der Waals surface area contributed by atoms with E-state index < -0.39 is 9.84 Å². The van der Waals surface area contributed by atoms with E-state index in [1.54, 1.807) is 23.9 Å². The van der Waals surface area contributed by atoms with Crippen LogP contribution in [0.5, 0.6) is 0 Å². The van der Waals surface area contributed by atoms with Gasteiger partial charge in [0.2, 0.25) is 0 Å². The fourth-order valence-corrected chi connectivity index (χ4v) is 4.30. The Morgan fingerprint density at radius 2 is 2.05 bits per heavy atom. The molecule has 1 N–H and O–H groups in total. The van der Waals surface area contributed by atoms with Crippen molar-refractivity contribution in [3.63, 3.8) is 0 Å². The molecule has 1 atom stereocenters. The highest BCUT2D eigenvalue weighted by Crippen LogP contribution is 2.13. The third-order valence-corrected chi connectivity index (χ3v) is 5.48. The van der Waals surface area contributed by atoms with Crippen molar-refractivity contribution in [1.82, 2.24) is 5.32 Å². The van der Waals surface area contributed by atoms with Crippen molar-refractivity contribution < 1.29 is 13.2 Å². The molecule has 0 bridgehead atoms. The van der Waals surface area contributed by atoms with Gasteiger partial charge in [0.05, 0.1) is 11.5 Å². The molecule has 0 aliphatic carbocycles.